The third-order valence-electron chi connectivity index (χ3n) is 4.72. The van der Waals surface area contributed by atoms with Crippen molar-refractivity contribution in [3.05, 3.63) is 71.8 Å². The quantitative estimate of drug-likeness (QED) is 0.902. The van der Waals surface area contributed by atoms with Gasteiger partial charge in [-0.2, -0.15) is 0 Å². The Morgan fingerprint density at radius 3 is 1.91 bits per heavy atom. The molecule has 23 heavy (non-hydrogen) atoms. The van der Waals surface area contributed by atoms with E-state index in [1.807, 2.05) is 18.2 Å². The van der Waals surface area contributed by atoms with Crippen molar-refractivity contribution in [3.63, 3.8) is 0 Å². The van der Waals surface area contributed by atoms with Gasteiger partial charge in [0.25, 0.3) is 0 Å². The number of benzene rings is 2. The molecule has 0 aliphatic carbocycles. The van der Waals surface area contributed by atoms with Crippen LogP contribution in [0, 0.1) is 0 Å². The minimum atomic E-state index is -0.523. The van der Waals surface area contributed by atoms with Gasteiger partial charge in [-0.25, -0.2) is 0 Å². The lowest BCUT2D eigenvalue weighted by Crippen LogP contribution is -2.46. The Balaban J connectivity index is 0.00000192. The van der Waals surface area contributed by atoms with Crippen LogP contribution < -0.4 is 0 Å². The lowest BCUT2D eigenvalue weighted by atomic mass is 9.85. The van der Waals surface area contributed by atoms with Crippen LogP contribution in [-0.2, 0) is 12.8 Å². The molecule has 124 valence electrons. The zero-order chi connectivity index (χ0) is 15.3. The second kappa shape index (κ2) is 8.49. The van der Waals surface area contributed by atoms with Gasteiger partial charge in [-0.3, -0.25) is 0 Å². The van der Waals surface area contributed by atoms with Crippen LogP contribution in [0.2, 0.25) is 0 Å². The third-order valence-corrected chi connectivity index (χ3v) is 4.72. The van der Waals surface area contributed by atoms with Crippen molar-refractivity contribution in [2.75, 3.05) is 19.6 Å². The van der Waals surface area contributed by atoms with Crippen LogP contribution in [-0.4, -0.2) is 35.2 Å². The smallest absolute Gasteiger partial charge is 0.0712 e. The van der Waals surface area contributed by atoms with E-state index in [4.69, 9.17) is 0 Å². The molecule has 3 heteroatoms. The molecule has 1 aliphatic heterocycles. The molecule has 1 heterocycles. The van der Waals surface area contributed by atoms with Gasteiger partial charge in [-0.05, 0) is 30.4 Å². The SMILES string of the molecule is Cl.OC1(Cc2ccccc2)CCN(CCc2ccccc2)CC1. The lowest BCUT2D eigenvalue weighted by Gasteiger charge is -2.38. The lowest BCUT2D eigenvalue weighted by molar-refractivity contribution is -0.0203. The van der Waals surface area contributed by atoms with Gasteiger partial charge in [0.15, 0.2) is 0 Å². The van der Waals surface area contributed by atoms with E-state index in [9.17, 15) is 5.11 Å². The van der Waals surface area contributed by atoms with E-state index in [0.717, 1.165) is 45.3 Å². The molecule has 0 unspecified atom stereocenters. The fraction of sp³-hybridized carbons (Fsp3) is 0.400. The molecule has 1 aliphatic rings. The Bertz CT molecular complexity index is 565. The topological polar surface area (TPSA) is 23.5 Å². The second-order valence-electron chi connectivity index (χ2n) is 6.46. The Labute approximate surface area is 145 Å². The molecule has 0 atom stereocenters. The minimum absolute atomic E-state index is 0. The zero-order valence-corrected chi connectivity index (χ0v) is 14.3. The van der Waals surface area contributed by atoms with Gasteiger partial charge in [-0.15, -0.1) is 12.4 Å². The molecule has 0 spiro atoms. The standard InChI is InChI=1S/C20H25NO.ClH/c22-20(17-19-9-5-2-6-10-19)12-15-21(16-13-20)14-11-18-7-3-1-4-8-18;/h1-10,22H,11-17H2;1H. The van der Waals surface area contributed by atoms with Crippen LogP contribution in [0.3, 0.4) is 0 Å². The van der Waals surface area contributed by atoms with E-state index in [2.05, 4.69) is 47.4 Å². The van der Waals surface area contributed by atoms with Gasteiger partial charge < -0.3 is 10.0 Å². The summed E-state index contributed by atoms with van der Waals surface area (Å²) in [4.78, 5) is 2.48. The van der Waals surface area contributed by atoms with E-state index in [-0.39, 0.29) is 12.4 Å². The zero-order valence-electron chi connectivity index (χ0n) is 13.5. The first-order valence-corrected chi connectivity index (χ1v) is 8.26. The molecule has 2 nitrogen and oxygen atoms in total. The number of piperidine rings is 1. The van der Waals surface area contributed by atoms with Crippen LogP contribution in [0.5, 0.6) is 0 Å². The number of hydrogen-bond acceptors (Lipinski definition) is 2. The summed E-state index contributed by atoms with van der Waals surface area (Å²) in [6.45, 7) is 3.08. The van der Waals surface area contributed by atoms with E-state index in [1.54, 1.807) is 0 Å². The van der Waals surface area contributed by atoms with Crippen molar-refractivity contribution in [1.82, 2.24) is 4.90 Å². The summed E-state index contributed by atoms with van der Waals surface area (Å²) in [6.07, 6.45) is 3.62. The summed E-state index contributed by atoms with van der Waals surface area (Å²) in [7, 11) is 0. The first-order valence-electron chi connectivity index (χ1n) is 8.26. The Hall–Kier alpha value is -1.35. The largest absolute Gasteiger partial charge is 0.389 e. The highest BCUT2D eigenvalue weighted by Gasteiger charge is 2.32. The van der Waals surface area contributed by atoms with E-state index in [1.165, 1.54) is 11.1 Å². The monoisotopic (exact) mass is 331 g/mol. The normalized spacial score (nSPS) is 17.4. The number of rotatable bonds is 5. The van der Waals surface area contributed by atoms with Gasteiger partial charge in [0.2, 0.25) is 0 Å². The fourth-order valence-corrected chi connectivity index (χ4v) is 3.28. The molecule has 1 N–H and O–H groups in total. The molecule has 1 fully saturated rings. The number of aliphatic hydroxyl groups is 1. The maximum Gasteiger partial charge on any atom is 0.0712 e. The number of halogens is 1. The van der Waals surface area contributed by atoms with Gasteiger partial charge in [-0.1, -0.05) is 60.7 Å². The van der Waals surface area contributed by atoms with Crippen molar-refractivity contribution in [3.8, 4) is 0 Å². The maximum atomic E-state index is 10.8. The predicted octanol–water partition coefficient (Wildman–Crippen LogP) is 3.72. The summed E-state index contributed by atoms with van der Waals surface area (Å²) in [5, 5.41) is 10.8. The average Bonchev–Trinajstić information content (AvgIpc) is 2.56. The van der Waals surface area contributed by atoms with Gasteiger partial charge >= 0.3 is 0 Å². The summed E-state index contributed by atoms with van der Waals surface area (Å²) in [5.41, 5.74) is 2.11. The highest BCUT2D eigenvalue weighted by atomic mass is 35.5. The maximum absolute atomic E-state index is 10.8. The number of nitrogens with zero attached hydrogens (tertiary/aromatic N) is 1. The van der Waals surface area contributed by atoms with Gasteiger partial charge in [0, 0.05) is 26.1 Å². The summed E-state index contributed by atoms with van der Waals surface area (Å²) < 4.78 is 0. The van der Waals surface area contributed by atoms with Crippen LogP contribution in [0.4, 0.5) is 0 Å². The molecule has 1 saturated heterocycles. The second-order valence-corrected chi connectivity index (χ2v) is 6.46. The highest BCUT2D eigenvalue weighted by molar-refractivity contribution is 5.85. The molecule has 0 bridgehead atoms. The third kappa shape index (κ3) is 5.35. The van der Waals surface area contributed by atoms with Crippen LogP contribution in [0.1, 0.15) is 24.0 Å². The number of likely N-dealkylation sites (tertiary alicyclic amines) is 1. The van der Waals surface area contributed by atoms with Gasteiger partial charge in [0.05, 0.1) is 5.60 Å². The van der Waals surface area contributed by atoms with E-state index in [0.29, 0.717) is 0 Å². The van der Waals surface area contributed by atoms with Crippen molar-refractivity contribution in [2.24, 2.45) is 0 Å². The Morgan fingerprint density at radius 2 is 1.35 bits per heavy atom. The molecular weight excluding hydrogens is 306 g/mol. The summed E-state index contributed by atoms with van der Waals surface area (Å²) >= 11 is 0. The van der Waals surface area contributed by atoms with Crippen molar-refractivity contribution >= 4 is 12.4 Å². The minimum Gasteiger partial charge on any atom is -0.389 e. The molecule has 0 saturated carbocycles. The van der Waals surface area contributed by atoms with Crippen molar-refractivity contribution < 1.29 is 5.11 Å². The molecule has 3 rings (SSSR count). The van der Waals surface area contributed by atoms with Crippen LogP contribution >= 0.6 is 12.4 Å². The fourth-order valence-electron chi connectivity index (χ4n) is 3.28. The van der Waals surface area contributed by atoms with Crippen LogP contribution in [0.25, 0.3) is 0 Å². The Morgan fingerprint density at radius 1 is 0.826 bits per heavy atom. The van der Waals surface area contributed by atoms with Crippen molar-refractivity contribution in [1.29, 1.82) is 0 Å². The first-order chi connectivity index (χ1) is 10.7. The van der Waals surface area contributed by atoms with E-state index >= 15 is 0 Å². The molecule has 2 aromatic carbocycles. The average molecular weight is 332 g/mol. The predicted molar refractivity (Wildman–Crippen MR) is 98.2 cm³/mol. The van der Waals surface area contributed by atoms with Gasteiger partial charge in [0.1, 0.15) is 0 Å². The van der Waals surface area contributed by atoms with E-state index < -0.39 is 5.60 Å². The molecular formula is C20H26ClNO. The molecule has 0 aromatic heterocycles. The Kier molecular flexibility index (Phi) is 6.64. The molecule has 0 radical (unpaired) electrons. The first kappa shape index (κ1) is 18.0. The summed E-state index contributed by atoms with van der Waals surface area (Å²) in [5.74, 6) is 0. The molecule has 2 aromatic rings. The summed E-state index contributed by atoms with van der Waals surface area (Å²) in [6, 6.07) is 21.0. The highest BCUT2D eigenvalue weighted by Crippen LogP contribution is 2.26. The van der Waals surface area contributed by atoms with Crippen LogP contribution in [0.15, 0.2) is 60.7 Å². The molecule has 0 amide bonds. The number of hydrogen-bond donors (Lipinski definition) is 1. The van der Waals surface area contributed by atoms with Crippen molar-refractivity contribution in [2.45, 2.75) is 31.3 Å².